The van der Waals surface area contributed by atoms with Crippen LogP contribution in [0.1, 0.15) is 0 Å². The molecule has 4 heteroatoms. The van der Waals surface area contributed by atoms with Gasteiger partial charge in [-0.05, 0) is 4.53 Å². The normalized spacial score (nSPS) is 7.50. The van der Waals surface area contributed by atoms with Crippen LogP contribution in [0.4, 0.5) is 4.53 Å². The number of carbonyl (C=O) groups excluding carboxylic acids is 1. The highest BCUT2D eigenvalue weighted by molar-refractivity contribution is 5.37. The van der Waals surface area contributed by atoms with E-state index in [4.69, 9.17) is 4.79 Å². The van der Waals surface area contributed by atoms with Gasteiger partial charge in [0.25, 0.3) is 0 Å². The minimum Gasteiger partial charge on any atom is -0.427 e. The fourth-order valence-electron chi connectivity index (χ4n) is 0.0463. The molecule has 0 saturated carbocycles. The lowest BCUT2D eigenvalue weighted by atomic mass is 11.4. The minimum absolute atomic E-state index is 0.677. The fourth-order valence-corrected chi connectivity index (χ4v) is 0.0463. The second-order valence-electron chi connectivity index (χ2n) is 0.455. The molecule has 0 unspecified atom stereocenters. The summed E-state index contributed by atoms with van der Waals surface area (Å²) in [4.78, 5) is 11.8. The summed E-state index contributed by atoms with van der Waals surface area (Å²) < 4.78 is 14.0. The van der Waals surface area contributed by atoms with Crippen molar-refractivity contribution in [1.82, 2.24) is 0 Å². The van der Waals surface area contributed by atoms with Crippen LogP contribution >= 0.6 is 0 Å². The van der Waals surface area contributed by atoms with E-state index in [9.17, 15) is 4.53 Å². The molecule has 0 saturated heterocycles. The van der Waals surface area contributed by atoms with Crippen molar-refractivity contribution in [2.24, 2.45) is 0 Å². The number of ether oxygens (including phenoxy) is 1. The smallest absolute Gasteiger partial charge is 0.419 e. The number of rotatable bonds is 3. The van der Waals surface area contributed by atoms with Gasteiger partial charge in [-0.2, -0.15) is 4.94 Å². The van der Waals surface area contributed by atoms with E-state index in [1.807, 2.05) is 0 Å². The van der Waals surface area contributed by atoms with Crippen molar-refractivity contribution in [3.63, 3.8) is 0 Å². The Morgan fingerprint density at radius 3 is 2.67 bits per heavy atom. The second-order valence-corrected chi connectivity index (χ2v) is 0.455. The van der Waals surface area contributed by atoms with E-state index < -0.39 is 6.79 Å². The molecule has 0 aromatic carbocycles. The summed E-state index contributed by atoms with van der Waals surface area (Å²) in [5, 5.41) is 0. The van der Waals surface area contributed by atoms with E-state index in [2.05, 4.69) is 9.68 Å². The summed E-state index contributed by atoms with van der Waals surface area (Å²) in [5.41, 5.74) is 0. The van der Waals surface area contributed by atoms with Crippen LogP contribution in [-0.2, 0) is 14.5 Å². The molecule has 0 aliphatic heterocycles. The third kappa shape index (κ3) is 3.36. The topological polar surface area (TPSA) is 35.5 Å². The number of hydrogen-bond acceptors (Lipinski definition) is 3. The van der Waals surface area contributed by atoms with Gasteiger partial charge < -0.3 is 4.74 Å². The summed E-state index contributed by atoms with van der Waals surface area (Å²) in [6.45, 7) is 0.277. The zero-order valence-corrected chi connectivity index (χ0v) is 2.81. The molecule has 0 heterocycles. The first kappa shape index (κ1) is 5.36. The van der Waals surface area contributed by atoms with Crippen molar-refractivity contribution in [1.29, 1.82) is 0 Å². The summed E-state index contributed by atoms with van der Waals surface area (Å²) in [6, 6.07) is 0. The summed E-state index contributed by atoms with van der Waals surface area (Å²) in [7, 11) is 0. The molecule has 0 aromatic heterocycles. The number of halogens is 1. The Morgan fingerprint density at radius 1 is 1.83 bits per heavy atom. The monoisotopic (exact) mass is 93.0 g/mol. The lowest BCUT2D eigenvalue weighted by Gasteiger charge is -1.82. The summed E-state index contributed by atoms with van der Waals surface area (Å²) in [5.74, 6) is 0. The van der Waals surface area contributed by atoms with Crippen LogP contribution < -0.4 is 0 Å². The van der Waals surface area contributed by atoms with E-state index in [-0.39, 0.29) is 0 Å². The summed E-state index contributed by atoms with van der Waals surface area (Å²) in [6.07, 6.45) is 0. The van der Waals surface area contributed by atoms with Crippen LogP contribution in [0.3, 0.4) is 0 Å². The summed E-state index contributed by atoms with van der Waals surface area (Å²) >= 11 is 0. The second kappa shape index (κ2) is 4.36. The van der Waals surface area contributed by atoms with Gasteiger partial charge in [0, 0.05) is 0 Å². The molecule has 6 heavy (non-hydrogen) atoms. The van der Waals surface area contributed by atoms with Gasteiger partial charge in [0.2, 0.25) is 6.79 Å². The van der Waals surface area contributed by atoms with Crippen molar-refractivity contribution in [3.8, 4) is 0 Å². The van der Waals surface area contributed by atoms with E-state index in [0.29, 0.717) is 0 Å². The van der Waals surface area contributed by atoms with Gasteiger partial charge in [0.1, 0.15) is 0 Å². The van der Waals surface area contributed by atoms with E-state index in [0.717, 1.165) is 6.47 Å². The van der Waals surface area contributed by atoms with Crippen LogP contribution in [0.5, 0.6) is 0 Å². The zero-order valence-electron chi connectivity index (χ0n) is 2.81. The first-order valence-corrected chi connectivity index (χ1v) is 1.14. The van der Waals surface area contributed by atoms with Gasteiger partial charge in [-0.15, -0.1) is 0 Å². The molecule has 0 N–H and O–H groups in total. The molecule has 1 radical (unpaired) electrons. The molecule has 0 spiro atoms. The van der Waals surface area contributed by atoms with E-state index in [1.165, 1.54) is 0 Å². The maximum atomic E-state index is 10.4. The molecule has 0 amide bonds. The van der Waals surface area contributed by atoms with Crippen molar-refractivity contribution >= 4 is 6.47 Å². The minimum atomic E-state index is -0.677. The molecule has 0 aliphatic rings. The SMILES string of the molecule is O=[C]OCOF. The van der Waals surface area contributed by atoms with Gasteiger partial charge >= 0.3 is 6.47 Å². The molecule has 0 bridgehead atoms. The molecular weight excluding hydrogens is 91.0 g/mol. The van der Waals surface area contributed by atoms with Gasteiger partial charge in [0.15, 0.2) is 0 Å². The highest BCUT2D eigenvalue weighted by atomic mass is 19.3. The Morgan fingerprint density at radius 2 is 2.50 bits per heavy atom. The quantitative estimate of drug-likeness (QED) is 0.362. The van der Waals surface area contributed by atoms with Crippen molar-refractivity contribution in [2.45, 2.75) is 0 Å². The van der Waals surface area contributed by atoms with Gasteiger partial charge in [-0.3, -0.25) is 0 Å². The Bertz CT molecular complexity index is 37.8. The Labute approximate surface area is 33.6 Å². The third-order valence-electron chi connectivity index (χ3n) is 0.162. The molecule has 0 fully saturated rings. The van der Waals surface area contributed by atoms with Crippen LogP contribution in [0, 0.1) is 0 Å². The molecule has 0 aliphatic carbocycles. The zero-order chi connectivity index (χ0) is 4.83. The molecule has 3 nitrogen and oxygen atoms in total. The molecule has 35 valence electrons. The van der Waals surface area contributed by atoms with Crippen LogP contribution in [-0.4, -0.2) is 13.3 Å². The van der Waals surface area contributed by atoms with Gasteiger partial charge in [-0.1, -0.05) is 0 Å². The third-order valence-corrected chi connectivity index (χ3v) is 0.162. The van der Waals surface area contributed by atoms with Crippen molar-refractivity contribution < 1.29 is 19.0 Å². The fraction of sp³-hybridized carbons (Fsp3) is 0.500. The van der Waals surface area contributed by atoms with Crippen molar-refractivity contribution in [2.75, 3.05) is 6.79 Å². The molecule has 0 rings (SSSR count). The highest BCUT2D eigenvalue weighted by Gasteiger charge is 1.76. The lowest BCUT2D eigenvalue weighted by Crippen LogP contribution is -1.88. The van der Waals surface area contributed by atoms with E-state index >= 15 is 0 Å². The molecule has 0 aromatic rings. The van der Waals surface area contributed by atoms with Crippen LogP contribution in [0.25, 0.3) is 0 Å². The van der Waals surface area contributed by atoms with Gasteiger partial charge in [0.05, 0.1) is 0 Å². The maximum absolute atomic E-state index is 10.4. The predicted molar refractivity (Wildman–Crippen MR) is 13.8 cm³/mol. The number of hydrogen-bond donors (Lipinski definition) is 0. The largest absolute Gasteiger partial charge is 0.427 e. The standard InChI is InChI=1S/C2H2FO3/c3-6-2-5-1-4/h2H2. The van der Waals surface area contributed by atoms with Crippen LogP contribution in [0.2, 0.25) is 0 Å². The van der Waals surface area contributed by atoms with Crippen LogP contribution in [0.15, 0.2) is 0 Å². The highest BCUT2D eigenvalue weighted by Crippen LogP contribution is 1.69. The Balaban J connectivity index is 2.49. The van der Waals surface area contributed by atoms with Gasteiger partial charge in [-0.25, -0.2) is 4.79 Å². The maximum Gasteiger partial charge on any atom is 0.419 e. The molecule has 0 atom stereocenters. The predicted octanol–water partition coefficient (Wildman–Crippen LogP) is -0.0712. The van der Waals surface area contributed by atoms with Crippen molar-refractivity contribution in [3.05, 3.63) is 0 Å². The average Bonchev–Trinajstić information content (AvgIpc) is 1.61. The first-order valence-electron chi connectivity index (χ1n) is 1.14. The Hall–Kier alpha value is -0.640. The molecular formula is C2H2FO3. The Kier molecular flexibility index (Phi) is 3.89. The van der Waals surface area contributed by atoms with E-state index in [1.54, 1.807) is 0 Å². The average molecular weight is 93.0 g/mol. The first-order chi connectivity index (χ1) is 2.91. The lowest BCUT2D eigenvalue weighted by molar-refractivity contribution is -0.187.